The first-order valence-electron chi connectivity index (χ1n) is 9.92. The van der Waals surface area contributed by atoms with Crippen LogP contribution in [-0.2, 0) is 4.79 Å². The van der Waals surface area contributed by atoms with Gasteiger partial charge in [0, 0.05) is 38.6 Å². The number of carbonyl (C=O) groups excluding carboxylic acids is 2. The minimum atomic E-state index is -0.367. The molecule has 0 aromatic heterocycles. The van der Waals surface area contributed by atoms with Gasteiger partial charge >= 0.3 is 6.09 Å². The number of rotatable bonds is 8. The average molecular weight is 411 g/mol. The number of hydrogen-bond donors (Lipinski definition) is 1. The third-order valence-electron chi connectivity index (χ3n) is 5.49. The van der Waals surface area contributed by atoms with Crippen LogP contribution >= 0.6 is 11.6 Å². The minimum absolute atomic E-state index is 0.00293. The molecule has 7 heteroatoms. The molecule has 0 aliphatic heterocycles. The number of nitrogens with zero attached hydrogens (tertiary/aromatic N) is 2. The Morgan fingerprint density at radius 2 is 1.64 bits per heavy atom. The summed E-state index contributed by atoms with van der Waals surface area (Å²) in [5, 5.41) is 9.53. The molecular formula is C21H31ClN2O4. The predicted octanol–water partition coefficient (Wildman–Crippen LogP) is 3.81. The molecule has 0 unspecified atom stereocenters. The van der Waals surface area contributed by atoms with E-state index in [1.807, 2.05) is 0 Å². The maximum Gasteiger partial charge on any atom is 0.414 e. The van der Waals surface area contributed by atoms with Crippen molar-refractivity contribution in [2.24, 2.45) is 11.8 Å². The number of carbonyl (C=O) groups is 2. The van der Waals surface area contributed by atoms with Gasteiger partial charge in [-0.15, -0.1) is 0 Å². The second-order valence-electron chi connectivity index (χ2n) is 7.66. The average Bonchev–Trinajstić information content (AvgIpc) is 2.69. The van der Waals surface area contributed by atoms with Gasteiger partial charge in [0.1, 0.15) is 5.75 Å². The summed E-state index contributed by atoms with van der Waals surface area (Å²) < 4.78 is 5.34. The molecular weight excluding hydrogens is 380 g/mol. The maximum atomic E-state index is 12.2. The lowest BCUT2D eigenvalue weighted by Crippen LogP contribution is -2.33. The number of benzene rings is 1. The molecule has 0 spiro atoms. The molecule has 6 nitrogen and oxygen atoms in total. The summed E-state index contributed by atoms with van der Waals surface area (Å²) in [6.45, 7) is 1.05. The number of halogens is 1. The smallest absolute Gasteiger partial charge is 0.410 e. The van der Waals surface area contributed by atoms with Crippen LogP contribution in [0, 0.1) is 11.8 Å². The lowest BCUT2D eigenvalue weighted by Gasteiger charge is -2.30. The Bertz CT molecular complexity index is 630. The Labute approximate surface area is 172 Å². The van der Waals surface area contributed by atoms with Crippen LogP contribution in [0.3, 0.4) is 0 Å². The molecule has 2 rings (SSSR count). The maximum absolute atomic E-state index is 12.2. The first-order chi connectivity index (χ1) is 13.4. The van der Waals surface area contributed by atoms with Gasteiger partial charge in [-0.25, -0.2) is 4.79 Å². The second kappa shape index (κ2) is 11.3. The van der Waals surface area contributed by atoms with Crippen LogP contribution in [0.1, 0.15) is 38.5 Å². The minimum Gasteiger partial charge on any atom is -0.410 e. The van der Waals surface area contributed by atoms with Crippen molar-refractivity contribution in [2.45, 2.75) is 38.5 Å². The summed E-state index contributed by atoms with van der Waals surface area (Å²) in [7, 11) is 3.49. The van der Waals surface area contributed by atoms with Gasteiger partial charge < -0.3 is 19.6 Å². The van der Waals surface area contributed by atoms with Gasteiger partial charge in [0.25, 0.3) is 0 Å². The van der Waals surface area contributed by atoms with Crippen molar-refractivity contribution in [1.29, 1.82) is 0 Å². The molecule has 1 aliphatic carbocycles. The monoisotopic (exact) mass is 410 g/mol. The van der Waals surface area contributed by atoms with Crippen molar-refractivity contribution in [1.82, 2.24) is 9.80 Å². The third-order valence-corrected chi connectivity index (χ3v) is 5.75. The number of ether oxygens (including phenoxy) is 1. The molecule has 28 heavy (non-hydrogen) atoms. The molecule has 156 valence electrons. The zero-order valence-corrected chi connectivity index (χ0v) is 17.5. The van der Waals surface area contributed by atoms with Gasteiger partial charge in [0.15, 0.2) is 0 Å². The molecule has 0 atom stereocenters. The van der Waals surface area contributed by atoms with Crippen LogP contribution in [0.2, 0.25) is 5.02 Å². The summed E-state index contributed by atoms with van der Waals surface area (Å²) >= 11 is 5.83. The Balaban J connectivity index is 1.66. The number of aliphatic hydroxyl groups is 1. The molecule has 1 fully saturated rings. The van der Waals surface area contributed by atoms with E-state index in [-0.39, 0.29) is 18.6 Å². The van der Waals surface area contributed by atoms with Gasteiger partial charge in [-0.2, -0.15) is 0 Å². The molecule has 0 bridgehead atoms. The van der Waals surface area contributed by atoms with E-state index in [0.717, 1.165) is 32.1 Å². The van der Waals surface area contributed by atoms with E-state index in [9.17, 15) is 9.59 Å². The van der Waals surface area contributed by atoms with Crippen LogP contribution < -0.4 is 4.74 Å². The Kier molecular flexibility index (Phi) is 9.06. The molecule has 1 N–H and O–H groups in total. The van der Waals surface area contributed by atoms with Gasteiger partial charge in [0.2, 0.25) is 5.91 Å². The highest BCUT2D eigenvalue weighted by Gasteiger charge is 2.24. The zero-order chi connectivity index (χ0) is 20.5. The first-order valence-corrected chi connectivity index (χ1v) is 10.3. The quantitative estimate of drug-likeness (QED) is 0.707. The molecule has 1 aromatic carbocycles. The fourth-order valence-electron chi connectivity index (χ4n) is 3.55. The lowest BCUT2D eigenvalue weighted by molar-refractivity contribution is -0.131. The van der Waals surface area contributed by atoms with Crippen molar-refractivity contribution in [2.75, 3.05) is 33.8 Å². The SMILES string of the molecule is CN(CCO)C(=O)CC1CCC(CCN(C)C(=O)Oc2ccc(Cl)cc2)CC1. The van der Waals surface area contributed by atoms with Crippen LogP contribution in [-0.4, -0.2) is 60.7 Å². The van der Waals surface area contributed by atoms with Gasteiger partial charge in [0.05, 0.1) is 6.61 Å². The predicted molar refractivity (Wildman–Crippen MR) is 110 cm³/mol. The van der Waals surface area contributed by atoms with Crippen molar-refractivity contribution in [3.63, 3.8) is 0 Å². The Morgan fingerprint density at radius 1 is 1.04 bits per heavy atom. The van der Waals surface area contributed by atoms with E-state index in [1.165, 1.54) is 0 Å². The van der Waals surface area contributed by atoms with Crippen molar-refractivity contribution >= 4 is 23.6 Å². The summed E-state index contributed by atoms with van der Waals surface area (Å²) in [4.78, 5) is 27.5. The normalized spacial score (nSPS) is 19.1. The van der Waals surface area contributed by atoms with Crippen molar-refractivity contribution in [3.8, 4) is 5.75 Å². The number of hydrogen-bond acceptors (Lipinski definition) is 4. The van der Waals surface area contributed by atoms with Crippen LogP contribution in [0.15, 0.2) is 24.3 Å². The standard InChI is InChI=1S/C21H31ClN2O4/c1-23(13-14-25)20(26)15-17-5-3-16(4-6-17)11-12-24(2)21(27)28-19-9-7-18(22)8-10-19/h7-10,16-17,25H,3-6,11-15H2,1-2H3. The van der Waals surface area contributed by atoms with Crippen LogP contribution in [0.5, 0.6) is 5.75 Å². The fourth-order valence-corrected chi connectivity index (χ4v) is 3.68. The summed E-state index contributed by atoms with van der Waals surface area (Å²) in [6.07, 6.45) is 5.40. The van der Waals surface area contributed by atoms with E-state index in [1.54, 1.807) is 48.2 Å². The second-order valence-corrected chi connectivity index (χ2v) is 8.10. The first kappa shape index (κ1) is 22.5. The largest absolute Gasteiger partial charge is 0.414 e. The molecule has 0 radical (unpaired) electrons. The lowest BCUT2D eigenvalue weighted by atomic mass is 9.79. The topological polar surface area (TPSA) is 70.1 Å². The van der Waals surface area contributed by atoms with Crippen molar-refractivity contribution in [3.05, 3.63) is 29.3 Å². The number of amides is 2. The molecule has 0 heterocycles. The highest BCUT2D eigenvalue weighted by atomic mass is 35.5. The van der Waals surface area contributed by atoms with E-state index in [0.29, 0.717) is 42.1 Å². The van der Waals surface area contributed by atoms with Gasteiger partial charge in [-0.05, 0) is 55.4 Å². The van der Waals surface area contributed by atoms with Crippen LogP contribution in [0.25, 0.3) is 0 Å². The zero-order valence-electron chi connectivity index (χ0n) is 16.8. The van der Waals surface area contributed by atoms with E-state index in [4.69, 9.17) is 21.4 Å². The van der Waals surface area contributed by atoms with Gasteiger partial charge in [-0.3, -0.25) is 4.79 Å². The summed E-state index contributed by atoms with van der Waals surface area (Å²) in [5.74, 6) is 1.60. The summed E-state index contributed by atoms with van der Waals surface area (Å²) in [5.41, 5.74) is 0. The highest BCUT2D eigenvalue weighted by molar-refractivity contribution is 6.30. The molecule has 2 amide bonds. The van der Waals surface area contributed by atoms with Crippen LogP contribution in [0.4, 0.5) is 4.79 Å². The number of likely N-dealkylation sites (N-methyl/N-ethyl adjacent to an activating group) is 1. The van der Waals surface area contributed by atoms with Gasteiger partial charge in [-0.1, -0.05) is 24.4 Å². The summed E-state index contributed by atoms with van der Waals surface area (Å²) in [6, 6.07) is 6.73. The number of aliphatic hydroxyl groups excluding tert-OH is 1. The molecule has 1 saturated carbocycles. The Morgan fingerprint density at radius 3 is 2.25 bits per heavy atom. The molecule has 1 aromatic rings. The van der Waals surface area contributed by atoms with Crippen molar-refractivity contribution < 1.29 is 19.4 Å². The molecule has 0 saturated heterocycles. The Hall–Kier alpha value is -1.79. The van der Waals surface area contributed by atoms with E-state index >= 15 is 0 Å². The van der Waals surface area contributed by atoms with E-state index in [2.05, 4.69) is 0 Å². The highest BCUT2D eigenvalue weighted by Crippen LogP contribution is 2.33. The third kappa shape index (κ3) is 7.32. The fraction of sp³-hybridized carbons (Fsp3) is 0.619. The molecule has 1 aliphatic rings. The van der Waals surface area contributed by atoms with E-state index < -0.39 is 0 Å².